The van der Waals surface area contributed by atoms with E-state index in [1.54, 1.807) is 18.2 Å². The maximum atomic E-state index is 13.3. The molecule has 0 radical (unpaired) electrons. The Hall–Kier alpha value is -1.77. The number of para-hydroxylation sites is 1. The van der Waals surface area contributed by atoms with Gasteiger partial charge in [0.1, 0.15) is 0 Å². The third-order valence-electron chi connectivity index (χ3n) is 3.10. The van der Waals surface area contributed by atoms with E-state index in [2.05, 4.69) is 18.8 Å². The van der Waals surface area contributed by atoms with Crippen LogP contribution in [0.25, 0.3) is 0 Å². The van der Waals surface area contributed by atoms with Crippen LogP contribution in [0.5, 0.6) is 5.75 Å². The normalized spacial score (nSPS) is 10.6. The maximum Gasteiger partial charge on any atom is 0.165 e. The molecular formula is C15H18FNO. The number of hydrogen-bond donors (Lipinski definition) is 1. The lowest BCUT2D eigenvalue weighted by molar-refractivity contribution is 0.295. The van der Waals surface area contributed by atoms with Gasteiger partial charge in [0.25, 0.3) is 0 Å². The molecule has 0 fully saturated rings. The summed E-state index contributed by atoms with van der Waals surface area (Å²) in [5, 5.41) is 0. The van der Waals surface area contributed by atoms with Crippen LogP contribution in [-0.4, -0.2) is 11.6 Å². The number of hydrogen-bond acceptors (Lipinski definition) is 1. The minimum absolute atomic E-state index is 0.300. The molecule has 96 valence electrons. The summed E-state index contributed by atoms with van der Waals surface area (Å²) in [5.41, 5.74) is 3.82. The zero-order valence-electron chi connectivity index (χ0n) is 10.8. The quantitative estimate of drug-likeness (QED) is 0.799. The molecule has 0 atom stereocenters. The van der Waals surface area contributed by atoms with Gasteiger partial charge in [-0.2, -0.15) is 0 Å². The van der Waals surface area contributed by atoms with Crippen molar-refractivity contribution in [1.29, 1.82) is 0 Å². The van der Waals surface area contributed by atoms with Gasteiger partial charge in [-0.1, -0.05) is 12.1 Å². The average Bonchev–Trinajstić information content (AvgIpc) is 2.67. The van der Waals surface area contributed by atoms with Gasteiger partial charge in [0.15, 0.2) is 11.6 Å². The first-order chi connectivity index (χ1) is 8.68. The Labute approximate surface area is 107 Å². The lowest BCUT2D eigenvalue weighted by atomic mass is 10.1. The molecule has 2 nitrogen and oxygen atoms in total. The van der Waals surface area contributed by atoms with E-state index in [9.17, 15) is 4.39 Å². The number of aromatic nitrogens is 1. The molecule has 3 heteroatoms. The molecule has 18 heavy (non-hydrogen) atoms. The van der Waals surface area contributed by atoms with Crippen LogP contribution in [0.1, 0.15) is 23.2 Å². The van der Waals surface area contributed by atoms with Crippen LogP contribution in [0.3, 0.4) is 0 Å². The molecule has 0 aliphatic carbocycles. The van der Waals surface area contributed by atoms with Crippen molar-refractivity contribution in [2.75, 3.05) is 6.61 Å². The largest absolute Gasteiger partial charge is 0.491 e. The fraction of sp³-hybridized carbons (Fsp3) is 0.333. The van der Waals surface area contributed by atoms with Crippen molar-refractivity contribution in [2.45, 2.75) is 26.7 Å². The smallest absolute Gasteiger partial charge is 0.165 e. The first-order valence-corrected chi connectivity index (χ1v) is 6.19. The van der Waals surface area contributed by atoms with Gasteiger partial charge in [-0.25, -0.2) is 4.39 Å². The Morgan fingerprint density at radius 3 is 2.67 bits per heavy atom. The Kier molecular flexibility index (Phi) is 4.03. The standard InChI is InChI=1S/C15H18FNO/c1-11-10-17-12(2)13(11)6-5-9-18-15-8-4-3-7-14(15)16/h3-4,7-8,10,17H,5-6,9H2,1-2H3. The van der Waals surface area contributed by atoms with Crippen LogP contribution in [0.15, 0.2) is 30.5 Å². The summed E-state index contributed by atoms with van der Waals surface area (Å²) in [6.07, 6.45) is 3.85. The molecule has 0 spiro atoms. The number of halogens is 1. The minimum atomic E-state index is -0.300. The van der Waals surface area contributed by atoms with Crippen molar-refractivity contribution in [1.82, 2.24) is 4.98 Å². The molecule has 2 rings (SSSR count). The second-order valence-corrected chi connectivity index (χ2v) is 4.46. The van der Waals surface area contributed by atoms with Crippen molar-refractivity contribution in [2.24, 2.45) is 0 Å². The number of aromatic amines is 1. The summed E-state index contributed by atoms with van der Waals surface area (Å²) in [7, 11) is 0. The van der Waals surface area contributed by atoms with Gasteiger partial charge in [0.05, 0.1) is 6.61 Å². The summed E-state index contributed by atoms with van der Waals surface area (Å²) in [5.74, 6) is 0.0338. The number of benzene rings is 1. The first kappa shape index (κ1) is 12.7. The predicted molar refractivity (Wildman–Crippen MR) is 70.5 cm³/mol. The predicted octanol–water partition coefficient (Wildman–Crippen LogP) is 3.78. The van der Waals surface area contributed by atoms with Crippen LogP contribution in [0, 0.1) is 19.7 Å². The zero-order chi connectivity index (χ0) is 13.0. The van der Waals surface area contributed by atoms with E-state index in [4.69, 9.17) is 4.74 Å². The summed E-state index contributed by atoms with van der Waals surface area (Å²) in [6, 6.07) is 6.51. The SMILES string of the molecule is Cc1c[nH]c(C)c1CCCOc1ccccc1F. The number of nitrogens with one attached hydrogen (secondary N) is 1. The average molecular weight is 247 g/mol. The summed E-state index contributed by atoms with van der Waals surface area (Å²) in [4.78, 5) is 3.20. The fourth-order valence-corrected chi connectivity index (χ4v) is 2.06. The maximum absolute atomic E-state index is 13.3. The van der Waals surface area contributed by atoms with Gasteiger partial charge in [-0.15, -0.1) is 0 Å². The highest BCUT2D eigenvalue weighted by Gasteiger charge is 2.05. The van der Waals surface area contributed by atoms with Crippen molar-refractivity contribution in [3.63, 3.8) is 0 Å². The third-order valence-corrected chi connectivity index (χ3v) is 3.10. The topological polar surface area (TPSA) is 25.0 Å². The molecule has 0 saturated carbocycles. The lowest BCUT2D eigenvalue weighted by Gasteiger charge is -2.07. The summed E-state index contributed by atoms with van der Waals surface area (Å²) < 4.78 is 18.7. The minimum Gasteiger partial charge on any atom is -0.491 e. The van der Waals surface area contributed by atoms with Gasteiger partial charge in [0.2, 0.25) is 0 Å². The van der Waals surface area contributed by atoms with Crippen LogP contribution < -0.4 is 4.74 Å². The molecule has 1 aromatic heterocycles. The molecule has 0 unspecified atom stereocenters. The van der Waals surface area contributed by atoms with Gasteiger partial charge in [-0.3, -0.25) is 0 Å². The van der Waals surface area contributed by atoms with Crippen molar-refractivity contribution in [3.8, 4) is 5.75 Å². The zero-order valence-corrected chi connectivity index (χ0v) is 10.8. The second kappa shape index (κ2) is 5.71. The number of ether oxygens (including phenoxy) is 1. The summed E-state index contributed by atoms with van der Waals surface area (Å²) in [6.45, 7) is 4.70. The van der Waals surface area contributed by atoms with E-state index >= 15 is 0 Å². The highest BCUT2D eigenvalue weighted by molar-refractivity contribution is 5.29. The fourth-order valence-electron chi connectivity index (χ4n) is 2.06. The monoisotopic (exact) mass is 247 g/mol. The number of H-pyrrole nitrogens is 1. The van der Waals surface area contributed by atoms with Gasteiger partial charge in [-0.05, 0) is 49.9 Å². The Morgan fingerprint density at radius 1 is 1.22 bits per heavy atom. The molecule has 0 saturated heterocycles. The van der Waals surface area contributed by atoms with E-state index < -0.39 is 0 Å². The van der Waals surface area contributed by atoms with E-state index in [1.165, 1.54) is 22.9 Å². The summed E-state index contributed by atoms with van der Waals surface area (Å²) >= 11 is 0. The Bertz CT molecular complexity index is 499. The van der Waals surface area contributed by atoms with Gasteiger partial charge < -0.3 is 9.72 Å². The third kappa shape index (κ3) is 2.92. The van der Waals surface area contributed by atoms with E-state index in [1.807, 2.05) is 6.20 Å². The van der Waals surface area contributed by atoms with Crippen molar-refractivity contribution >= 4 is 0 Å². The van der Waals surface area contributed by atoms with Crippen molar-refractivity contribution in [3.05, 3.63) is 53.1 Å². The molecule has 0 aliphatic heterocycles. The van der Waals surface area contributed by atoms with Crippen molar-refractivity contribution < 1.29 is 9.13 Å². The molecule has 1 heterocycles. The molecule has 0 aliphatic rings. The highest BCUT2D eigenvalue weighted by Crippen LogP contribution is 2.17. The van der Waals surface area contributed by atoms with Gasteiger partial charge >= 0.3 is 0 Å². The second-order valence-electron chi connectivity index (χ2n) is 4.46. The Morgan fingerprint density at radius 2 is 2.00 bits per heavy atom. The van der Waals surface area contributed by atoms with E-state index in [-0.39, 0.29) is 5.82 Å². The first-order valence-electron chi connectivity index (χ1n) is 6.19. The van der Waals surface area contributed by atoms with Crippen LogP contribution in [0.4, 0.5) is 4.39 Å². The lowest BCUT2D eigenvalue weighted by Crippen LogP contribution is -2.01. The van der Waals surface area contributed by atoms with E-state index in [0.717, 1.165) is 12.8 Å². The molecule has 0 amide bonds. The molecule has 2 aromatic rings. The van der Waals surface area contributed by atoms with Gasteiger partial charge in [0, 0.05) is 11.9 Å². The number of rotatable bonds is 5. The van der Waals surface area contributed by atoms with Crippen LogP contribution in [-0.2, 0) is 6.42 Å². The van der Waals surface area contributed by atoms with Crippen LogP contribution >= 0.6 is 0 Å². The molecule has 1 aromatic carbocycles. The highest BCUT2D eigenvalue weighted by atomic mass is 19.1. The number of aryl methyl sites for hydroxylation is 2. The molecular weight excluding hydrogens is 229 g/mol. The Balaban J connectivity index is 1.82. The molecule has 1 N–H and O–H groups in total. The van der Waals surface area contributed by atoms with E-state index in [0.29, 0.717) is 12.4 Å². The molecule has 0 bridgehead atoms. The van der Waals surface area contributed by atoms with Crippen LogP contribution in [0.2, 0.25) is 0 Å².